The van der Waals surface area contributed by atoms with Crippen LogP contribution in [0.3, 0.4) is 0 Å². The summed E-state index contributed by atoms with van der Waals surface area (Å²) >= 11 is 1.41. The molecule has 1 atom stereocenters. The largest absolute Gasteiger partial charge is 0.486 e. The summed E-state index contributed by atoms with van der Waals surface area (Å²) in [6.07, 6.45) is -0.287. The van der Waals surface area contributed by atoms with Gasteiger partial charge < -0.3 is 18.8 Å². The summed E-state index contributed by atoms with van der Waals surface area (Å²) in [6, 6.07) is 11.0. The predicted octanol–water partition coefficient (Wildman–Crippen LogP) is 1.86. The van der Waals surface area contributed by atoms with Crippen LogP contribution in [0, 0.1) is 0 Å². The lowest BCUT2D eigenvalue weighted by Gasteiger charge is -2.29. The van der Waals surface area contributed by atoms with Crippen molar-refractivity contribution in [2.75, 3.05) is 20.2 Å². The third-order valence-corrected chi connectivity index (χ3v) is 4.95. The summed E-state index contributed by atoms with van der Waals surface area (Å²) < 4.78 is 17.7. The summed E-state index contributed by atoms with van der Waals surface area (Å²) in [7, 11) is 1.65. The number of amides is 1. The fourth-order valence-electron chi connectivity index (χ4n) is 2.72. The molecule has 3 heterocycles. The molecule has 0 saturated carbocycles. The first-order valence-corrected chi connectivity index (χ1v) is 9.22. The highest BCUT2D eigenvalue weighted by Gasteiger charge is 2.24. The Bertz CT molecular complexity index is 995. The van der Waals surface area contributed by atoms with Crippen LogP contribution in [0.5, 0.6) is 11.5 Å². The van der Waals surface area contributed by atoms with Crippen LogP contribution in [0.25, 0.3) is 10.8 Å². The second-order valence-corrected chi connectivity index (χ2v) is 7.03. The maximum atomic E-state index is 12.5. The lowest BCUT2D eigenvalue weighted by atomic mass is 10.2. The number of hydrogen-bond donors (Lipinski definition) is 0. The number of carbonyl (C=O) groups excluding carboxylic acids is 1. The fourth-order valence-corrected chi connectivity index (χ4v) is 3.36. The van der Waals surface area contributed by atoms with Crippen LogP contribution < -0.4 is 15.2 Å². The highest BCUT2D eigenvalue weighted by molar-refractivity contribution is 7.13. The zero-order chi connectivity index (χ0) is 18.8. The average molecular weight is 387 g/mol. The number of rotatable bonds is 5. The molecule has 2 aromatic heterocycles. The smallest absolute Gasteiger partial charge is 0.437 e. The Morgan fingerprint density at radius 3 is 2.89 bits per heavy atom. The van der Waals surface area contributed by atoms with Gasteiger partial charge in [0.25, 0.3) is 5.89 Å². The Morgan fingerprint density at radius 1 is 1.30 bits per heavy atom. The topological polar surface area (TPSA) is 86.8 Å². The summed E-state index contributed by atoms with van der Waals surface area (Å²) in [6.45, 7) is 0.479. The zero-order valence-corrected chi connectivity index (χ0v) is 15.3. The molecule has 1 aliphatic heterocycles. The third-order valence-electron chi connectivity index (χ3n) is 4.09. The highest BCUT2D eigenvalue weighted by Crippen LogP contribution is 2.31. The molecular formula is C18H17N3O5S. The zero-order valence-electron chi connectivity index (χ0n) is 14.5. The molecule has 0 spiro atoms. The van der Waals surface area contributed by atoms with E-state index in [0.29, 0.717) is 24.7 Å². The standard InChI is InChI=1S/C18H17N3O5S/c1-20(9-12-11-24-13-5-2-3-6-14(13)25-12)16(22)10-21-18(23)26-17(19-21)15-7-4-8-27-15/h2-8,12H,9-11H2,1H3/t12-/m1/s1. The Morgan fingerprint density at radius 2 is 2.11 bits per heavy atom. The van der Waals surface area contributed by atoms with Crippen molar-refractivity contribution in [3.05, 3.63) is 52.3 Å². The van der Waals surface area contributed by atoms with Crippen molar-refractivity contribution < 1.29 is 18.7 Å². The van der Waals surface area contributed by atoms with Crippen molar-refractivity contribution in [3.63, 3.8) is 0 Å². The first-order valence-electron chi connectivity index (χ1n) is 8.34. The van der Waals surface area contributed by atoms with Gasteiger partial charge in [-0.15, -0.1) is 16.4 Å². The predicted molar refractivity (Wildman–Crippen MR) is 98.1 cm³/mol. The van der Waals surface area contributed by atoms with Crippen LogP contribution in [-0.2, 0) is 11.3 Å². The van der Waals surface area contributed by atoms with Crippen molar-refractivity contribution >= 4 is 17.2 Å². The van der Waals surface area contributed by atoms with Crippen molar-refractivity contribution in [3.8, 4) is 22.3 Å². The molecule has 1 aliphatic rings. The Hall–Kier alpha value is -3.07. The molecule has 3 aromatic rings. The van der Waals surface area contributed by atoms with E-state index < -0.39 is 5.76 Å². The normalized spacial score (nSPS) is 15.5. The van der Waals surface area contributed by atoms with E-state index >= 15 is 0 Å². The van der Waals surface area contributed by atoms with Gasteiger partial charge in [0.15, 0.2) is 17.6 Å². The molecular weight excluding hydrogens is 370 g/mol. The minimum Gasteiger partial charge on any atom is -0.486 e. The molecule has 1 amide bonds. The van der Waals surface area contributed by atoms with Gasteiger partial charge in [0.2, 0.25) is 5.91 Å². The van der Waals surface area contributed by atoms with Crippen LogP contribution in [-0.4, -0.2) is 46.9 Å². The molecule has 0 fully saturated rings. The first-order chi connectivity index (χ1) is 13.1. The maximum absolute atomic E-state index is 12.5. The second kappa shape index (κ2) is 7.28. The van der Waals surface area contributed by atoms with E-state index in [0.717, 1.165) is 9.56 Å². The monoisotopic (exact) mass is 387 g/mol. The molecule has 27 heavy (non-hydrogen) atoms. The van der Waals surface area contributed by atoms with Gasteiger partial charge in [-0.25, -0.2) is 4.79 Å². The summed E-state index contributed by atoms with van der Waals surface area (Å²) in [5, 5.41) is 5.95. The number of thiophene rings is 1. The number of ether oxygens (including phenoxy) is 2. The van der Waals surface area contributed by atoms with Gasteiger partial charge in [-0.3, -0.25) is 4.79 Å². The molecule has 140 valence electrons. The number of fused-ring (bicyclic) bond motifs is 1. The van der Waals surface area contributed by atoms with Crippen LogP contribution in [0.2, 0.25) is 0 Å². The van der Waals surface area contributed by atoms with E-state index in [1.54, 1.807) is 13.1 Å². The van der Waals surface area contributed by atoms with Crippen molar-refractivity contribution in [2.24, 2.45) is 0 Å². The molecule has 0 unspecified atom stereocenters. The van der Waals surface area contributed by atoms with Gasteiger partial charge >= 0.3 is 5.76 Å². The van der Waals surface area contributed by atoms with Gasteiger partial charge in [-0.05, 0) is 23.6 Å². The number of para-hydroxylation sites is 2. The second-order valence-electron chi connectivity index (χ2n) is 6.08. The van der Waals surface area contributed by atoms with Gasteiger partial charge in [-0.2, -0.15) is 4.68 Å². The molecule has 0 radical (unpaired) electrons. The molecule has 1 aromatic carbocycles. The Kier molecular flexibility index (Phi) is 4.68. The van der Waals surface area contributed by atoms with E-state index in [-0.39, 0.29) is 24.4 Å². The van der Waals surface area contributed by atoms with Crippen LogP contribution in [0.4, 0.5) is 0 Å². The number of hydrogen-bond acceptors (Lipinski definition) is 7. The van der Waals surface area contributed by atoms with E-state index in [2.05, 4.69) is 5.10 Å². The number of carbonyl (C=O) groups is 1. The number of aromatic nitrogens is 2. The molecule has 0 N–H and O–H groups in total. The number of benzene rings is 1. The Labute approximate surface area is 158 Å². The van der Waals surface area contributed by atoms with Crippen molar-refractivity contribution in [2.45, 2.75) is 12.6 Å². The van der Waals surface area contributed by atoms with Gasteiger partial charge in [0.1, 0.15) is 13.2 Å². The third kappa shape index (κ3) is 3.72. The SMILES string of the molecule is CN(C[C@@H]1COc2ccccc2O1)C(=O)Cn1nc(-c2cccs2)oc1=O. The summed E-state index contributed by atoms with van der Waals surface area (Å²) in [5.41, 5.74) is 0. The van der Waals surface area contributed by atoms with Crippen LogP contribution >= 0.6 is 11.3 Å². The van der Waals surface area contributed by atoms with E-state index in [4.69, 9.17) is 13.9 Å². The average Bonchev–Trinajstić information content (AvgIpc) is 3.32. The summed E-state index contributed by atoms with van der Waals surface area (Å²) in [4.78, 5) is 26.6. The van der Waals surface area contributed by atoms with Gasteiger partial charge in [0.05, 0.1) is 11.4 Å². The molecule has 0 saturated heterocycles. The fraction of sp³-hybridized carbons (Fsp3) is 0.278. The maximum Gasteiger partial charge on any atom is 0.437 e. The van der Waals surface area contributed by atoms with Crippen LogP contribution in [0.15, 0.2) is 51.0 Å². The first kappa shape index (κ1) is 17.3. The van der Waals surface area contributed by atoms with Crippen molar-refractivity contribution in [1.29, 1.82) is 0 Å². The molecule has 4 rings (SSSR count). The lowest BCUT2D eigenvalue weighted by Crippen LogP contribution is -2.43. The highest BCUT2D eigenvalue weighted by atomic mass is 32.1. The van der Waals surface area contributed by atoms with Gasteiger partial charge in [0, 0.05) is 7.05 Å². The quantitative estimate of drug-likeness (QED) is 0.664. The van der Waals surface area contributed by atoms with Crippen LogP contribution in [0.1, 0.15) is 0 Å². The van der Waals surface area contributed by atoms with E-state index in [1.807, 2.05) is 35.7 Å². The molecule has 9 heteroatoms. The van der Waals surface area contributed by atoms with E-state index in [9.17, 15) is 9.59 Å². The minimum atomic E-state index is -0.661. The number of likely N-dealkylation sites (N-methyl/N-ethyl adjacent to an activating group) is 1. The number of nitrogens with zero attached hydrogens (tertiary/aromatic N) is 3. The lowest BCUT2D eigenvalue weighted by molar-refractivity contribution is -0.132. The molecule has 8 nitrogen and oxygen atoms in total. The Balaban J connectivity index is 1.38. The summed E-state index contributed by atoms with van der Waals surface area (Å²) in [5.74, 6) is 0.629. The van der Waals surface area contributed by atoms with E-state index in [1.165, 1.54) is 16.2 Å². The molecule has 0 aliphatic carbocycles. The molecule has 0 bridgehead atoms. The van der Waals surface area contributed by atoms with Crippen molar-refractivity contribution in [1.82, 2.24) is 14.7 Å². The van der Waals surface area contributed by atoms with Gasteiger partial charge in [-0.1, -0.05) is 18.2 Å². The minimum absolute atomic E-state index is 0.200.